The molecule has 1 aromatic heterocycles. The third kappa shape index (κ3) is 3.57. The van der Waals surface area contributed by atoms with Gasteiger partial charge in [0.05, 0.1) is 11.0 Å². The van der Waals surface area contributed by atoms with Gasteiger partial charge in [-0.3, -0.25) is 0 Å². The molecule has 0 atom stereocenters. The molecule has 1 aromatic carbocycles. The van der Waals surface area contributed by atoms with Crippen molar-refractivity contribution in [2.24, 2.45) is 0 Å². The van der Waals surface area contributed by atoms with Gasteiger partial charge in [0.1, 0.15) is 5.82 Å². The molecular weight excluding hydrogens is 234 g/mol. The second kappa shape index (κ2) is 5.74. The van der Waals surface area contributed by atoms with Crippen LogP contribution in [0, 0.1) is 0 Å². The van der Waals surface area contributed by atoms with E-state index in [-0.39, 0.29) is 5.54 Å². The van der Waals surface area contributed by atoms with Crippen molar-refractivity contribution in [2.45, 2.75) is 52.6 Å². The Morgan fingerprint density at radius 3 is 2.63 bits per heavy atom. The Bertz CT molecular complexity index is 534. The molecule has 0 saturated heterocycles. The molecule has 3 heteroatoms. The fraction of sp³-hybridized carbons (Fsp3) is 0.562. The van der Waals surface area contributed by atoms with Crippen LogP contribution in [0.1, 0.15) is 39.9 Å². The minimum absolute atomic E-state index is 0.168. The fourth-order valence-corrected chi connectivity index (χ4v) is 2.33. The van der Waals surface area contributed by atoms with Crippen LogP contribution in [0.5, 0.6) is 0 Å². The number of nitrogens with one attached hydrogen (secondary N) is 1. The molecule has 0 fully saturated rings. The fourth-order valence-electron chi connectivity index (χ4n) is 2.33. The summed E-state index contributed by atoms with van der Waals surface area (Å²) in [4.78, 5) is 4.75. The molecule has 0 aliphatic rings. The number of imidazole rings is 1. The normalized spacial score (nSPS) is 12.2. The molecule has 0 radical (unpaired) electrons. The number of aryl methyl sites for hydroxylation is 1. The number of hydrogen-bond donors (Lipinski definition) is 1. The predicted octanol–water partition coefficient (Wildman–Crippen LogP) is 3.38. The number of hydrogen-bond acceptors (Lipinski definition) is 2. The zero-order chi connectivity index (χ0) is 13.9. The SMILES string of the molecule is CCCc1nc2ccccc2n1CCNC(C)(C)C. The van der Waals surface area contributed by atoms with E-state index in [4.69, 9.17) is 4.98 Å². The van der Waals surface area contributed by atoms with Gasteiger partial charge in [-0.05, 0) is 39.3 Å². The lowest BCUT2D eigenvalue weighted by Crippen LogP contribution is -2.38. The maximum Gasteiger partial charge on any atom is 0.109 e. The lowest BCUT2D eigenvalue weighted by atomic mass is 10.1. The van der Waals surface area contributed by atoms with Crippen molar-refractivity contribution < 1.29 is 0 Å². The molecule has 2 rings (SSSR count). The van der Waals surface area contributed by atoms with Gasteiger partial charge >= 0.3 is 0 Å². The summed E-state index contributed by atoms with van der Waals surface area (Å²) in [5.41, 5.74) is 2.53. The Hall–Kier alpha value is -1.35. The Kier molecular flexibility index (Phi) is 4.25. The molecule has 1 heterocycles. The largest absolute Gasteiger partial charge is 0.327 e. The first-order valence-corrected chi connectivity index (χ1v) is 7.20. The highest BCUT2D eigenvalue weighted by atomic mass is 15.1. The van der Waals surface area contributed by atoms with Gasteiger partial charge in [0, 0.05) is 25.0 Å². The molecule has 0 aliphatic heterocycles. The van der Waals surface area contributed by atoms with E-state index >= 15 is 0 Å². The summed E-state index contributed by atoms with van der Waals surface area (Å²) in [5.74, 6) is 1.21. The standard InChI is InChI=1S/C16H25N3/c1-5-8-15-18-13-9-6-7-10-14(13)19(15)12-11-17-16(2,3)4/h6-7,9-10,17H,5,8,11-12H2,1-4H3. The highest BCUT2D eigenvalue weighted by Gasteiger charge is 2.11. The van der Waals surface area contributed by atoms with Crippen LogP contribution >= 0.6 is 0 Å². The number of benzene rings is 1. The van der Waals surface area contributed by atoms with E-state index in [1.807, 2.05) is 0 Å². The van der Waals surface area contributed by atoms with Gasteiger partial charge < -0.3 is 9.88 Å². The lowest BCUT2D eigenvalue weighted by molar-refractivity contribution is 0.412. The minimum Gasteiger partial charge on any atom is -0.327 e. The van der Waals surface area contributed by atoms with Gasteiger partial charge in [-0.1, -0.05) is 19.1 Å². The first kappa shape index (κ1) is 14.1. The van der Waals surface area contributed by atoms with Crippen LogP contribution in [0.4, 0.5) is 0 Å². The molecule has 0 saturated carbocycles. The molecule has 0 spiro atoms. The third-order valence-corrected chi connectivity index (χ3v) is 3.20. The summed E-state index contributed by atoms with van der Waals surface area (Å²) in [6.07, 6.45) is 2.18. The van der Waals surface area contributed by atoms with E-state index in [1.165, 1.54) is 11.3 Å². The van der Waals surface area contributed by atoms with Crippen LogP contribution in [0.15, 0.2) is 24.3 Å². The first-order chi connectivity index (χ1) is 9.01. The summed E-state index contributed by atoms with van der Waals surface area (Å²) >= 11 is 0. The Balaban J connectivity index is 2.21. The topological polar surface area (TPSA) is 29.9 Å². The number of para-hydroxylation sites is 2. The number of nitrogens with zero attached hydrogens (tertiary/aromatic N) is 2. The second-order valence-electron chi connectivity index (χ2n) is 6.10. The van der Waals surface area contributed by atoms with Crippen molar-refractivity contribution in [3.05, 3.63) is 30.1 Å². The van der Waals surface area contributed by atoms with Crippen LogP contribution in [0.25, 0.3) is 11.0 Å². The van der Waals surface area contributed by atoms with E-state index < -0.39 is 0 Å². The van der Waals surface area contributed by atoms with Crippen LogP contribution < -0.4 is 5.32 Å². The van der Waals surface area contributed by atoms with Gasteiger partial charge in [-0.25, -0.2) is 4.98 Å². The predicted molar refractivity (Wildman–Crippen MR) is 81.5 cm³/mol. The van der Waals surface area contributed by atoms with E-state index in [1.54, 1.807) is 0 Å². The van der Waals surface area contributed by atoms with Gasteiger partial charge in [-0.2, -0.15) is 0 Å². The summed E-state index contributed by atoms with van der Waals surface area (Å²) in [7, 11) is 0. The Morgan fingerprint density at radius 1 is 1.21 bits per heavy atom. The van der Waals surface area contributed by atoms with Crippen molar-refractivity contribution in [1.82, 2.24) is 14.9 Å². The van der Waals surface area contributed by atoms with Crippen LogP contribution in [0.3, 0.4) is 0 Å². The average Bonchev–Trinajstić information content (AvgIpc) is 2.67. The van der Waals surface area contributed by atoms with Crippen LogP contribution in [-0.2, 0) is 13.0 Å². The van der Waals surface area contributed by atoms with Crippen molar-refractivity contribution in [3.63, 3.8) is 0 Å². The number of fused-ring (bicyclic) bond motifs is 1. The Labute approximate surface area is 116 Å². The van der Waals surface area contributed by atoms with Crippen molar-refractivity contribution in [1.29, 1.82) is 0 Å². The molecule has 104 valence electrons. The molecule has 19 heavy (non-hydrogen) atoms. The zero-order valence-corrected chi connectivity index (χ0v) is 12.5. The number of aromatic nitrogens is 2. The molecule has 0 unspecified atom stereocenters. The third-order valence-electron chi connectivity index (χ3n) is 3.20. The van der Waals surface area contributed by atoms with Crippen molar-refractivity contribution >= 4 is 11.0 Å². The van der Waals surface area contributed by atoms with Crippen molar-refractivity contribution in [3.8, 4) is 0 Å². The molecule has 1 N–H and O–H groups in total. The quantitative estimate of drug-likeness (QED) is 0.892. The summed E-state index contributed by atoms with van der Waals surface area (Å²) in [6, 6.07) is 8.41. The zero-order valence-electron chi connectivity index (χ0n) is 12.5. The molecular formula is C16H25N3. The minimum atomic E-state index is 0.168. The average molecular weight is 259 g/mol. The molecule has 0 amide bonds. The molecule has 0 bridgehead atoms. The summed E-state index contributed by atoms with van der Waals surface area (Å²) in [5, 5.41) is 3.55. The van der Waals surface area contributed by atoms with Gasteiger partial charge in [0.25, 0.3) is 0 Å². The van der Waals surface area contributed by atoms with E-state index in [0.717, 1.165) is 31.4 Å². The maximum absolute atomic E-state index is 4.75. The van der Waals surface area contributed by atoms with E-state index in [2.05, 4.69) is 61.8 Å². The van der Waals surface area contributed by atoms with Gasteiger partial charge in [0.15, 0.2) is 0 Å². The lowest BCUT2D eigenvalue weighted by Gasteiger charge is -2.21. The molecule has 2 aromatic rings. The van der Waals surface area contributed by atoms with E-state index in [9.17, 15) is 0 Å². The first-order valence-electron chi connectivity index (χ1n) is 7.20. The highest BCUT2D eigenvalue weighted by molar-refractivity contribution is 5.75. The maximum atomic E-state index is 4.75. The second-order valence-corrected chi connectivity index (χ2v) is 6.10. The highest BCUT2D eigenvalue weighted by Crippen LogP contribution is 2.17. The molecule has 0 aliphatic carbocycles. The van der Waals surface area contributed by atoms with Gasteiger partial charge in [0.2, 0.25) is 0 Å². The van der Waals surface area contributed by atoms with Crippen LogP contribution in [0.2, 0.25) is 0 Å². The number of rotatable bonds is 5. The van der Waals surface area contributed by atoms with Crippen molar-refractivity contribution in [2.75, 3.05) is 6.54 Å². The molecule has 3 nitrogen and oxygen atoms in total. The smallest absolute Gasteiger partial charge is 0.109 e. The summed E-state index contributed by atoms with van der Waals surface area (Å²) < 4.78 is 2.36. The van der Waals surface area contributed by atoms with Gasteiger partial charge in [-0.15, -0.1) is 0 Å². The monoisotopic (exact) mass is 259 g/mol. The van der Waals surface area contributed by atoms with E-state index in [0.29, 0.717) is 0 Å². The summed E-state index contributed by atoms with van der Waals surface area (Å²) in [6.45, 7) is 10.8. The Morgan fingerprint density at radius 2 is 1.95 bits per heavy atom. The van der Waals surface area contributed by atoms with Crippen LogP contribution in [-0.4, -0.2) is 21.6 Å².